The molecule has 2 aliphatic rings. The third-order valence-corrected chi connectivity index (χ3v) is 6.36. The summed E-state index contributed by atoms with van der Waals surface area (Å²) in [6, 6.07) is 3.16. The number of anilines is 1. The van der Waals surface area contributed by atoms with Crippen molar-refractivity contribution in [1.82, 2.24) is 14.9 Å². The highest BCUT2D eigenvalue weighted by atomic mass is 32.1. The summed E-state index contributed by atoms with van der Waals surface area (Å²) in [6.07, 6.45) is 3.93. The van der Waals surface area contributed by atoms with Crippen molar-refractivity contribution in [2.75, 3.05) is 31.1 Å². The van der Waals surface area contributed by atoms with Crippen molar-refractivity contribution >= 4 is 23.6 Å². The Morgan fingerprint density at radius 2 is 1.96 bits per heavy atom. The van der Waals surface area contributed by atoms with Crippen molar-refractivity contribution in [3.05, 3.63) is 40.2 Å². The van der Waals surface area contributed by atoms with Crippen molar-refractivity contribution in [3.8, 4) is 0 Å². The molecule has 2 aromatic heterocycles. The van der Waals surface area contributed by atoms with Gasteiger partial charge in [0.15, 0.2) is 11.6 Å². The number of thiazole rings is 1. The predicted molar refractivity (Wildman–Crippen MR) is 103 cm³/mol. The first-order valence-corrected chi connectivity index (χ1v) is 10.0. The molecule has 6 nitrogen and oxygen atoms in total. The Hall–Kier alpha value is -2.06. The van der Waals surface area contributed by atoms with Gasteiger partial charge in [-0.05, 0) is 43.7 Å². The molecule has 2 atom stereocenters. The number of fused-ring (bicyclic) bond motifs is 1. The summed E-state index contributed by atoms with van der Waals surface area (Å²) in [5.41, 5.74) is 3.11. The van der Waals surface area contributed by atoms with Gasteiger partial charge in [-0.3, -0.25) is 9.69 Å². The van der Waals surface area contributed by atoms with Crippen LogP contribution in [0.3, 0.4) is 0 Å². The van der Waals surface area contributed by atoms with Crippen LogP contribution in [0.15, 0.2) is 23.8 Å². The average Bonchev–Trinajstić information content (AvgIpc) is 3.18. The van der Waals surface area contributed by atoms with Crippen LogP contribution in [0.2, 0.25) is 0 Å². The lowest BCUT2D eigenvalue weighted by Crippen LogP contribution is -2.28. The van der Waals surface area contributed by atoms with Gasteiger partial charge < -0.3 is 10.0 Å². The van der Waals surface area contributed by atoms with Crippen LogP contribution >= 0.6 is 11.3 Å². The molecule has 0 aromatic carbocycles. The fourth-order valence-electron chi connectivity index (χ4n) is 4.08. The smallest absolute Gasteiger partial charge is 0.290 e. The standard InChI is InChI=1S/C18H23FN4S.CH2O2/c1-13-17(24-12-21-13)11-22-9-14-4-7-23(8-5-15(14)10-22)18-16(19)3-2-6-20-18;2-1-3/h2-3,6,12,14-15H,4-5,7-11H2,1H3;1H,(H,2,3)/t14-,15+;. The lowest BCUT2D eigenvalue weighted by molar-refractivity contribution is -0.122. The van der Waals surface area contributed by atoms with E-state index in [1.807, 2.05) is 5.51 Å². The first kappa shape index (κ1) is 19.7. The van der Waals surface area contributed by atoms with Gasteiger partial charge in [0.1, 0.15) is 0 Å². The highest BCUT2D eigenvalue weighted by molar-refractivity contribution is 7.09. The van der Waals surface area contributed by atoms with Crippen LogP contribution in [-0.2, 0) is 11.3 Å². The van der Waals surface area contributed by atoms with Crippen LogP contribution in [0.25, 0.3) is 0 Å². The molecule has 2 aromatic rings. The summed E-state index contributed by atoms with van der Waals surface area (Å²) in [6.45, 7) is 6.99. The van der Waals surface area contributed by atoms with Gasteiger partial charge in [-0.15, -0.1) is 11.3 Å². The summed E-state index contributed by atoms with van der Waals surface area (Å²) >= 11 is 1.76. The van der Waals surface area contributed by atoms with Crippen LogP contribution in [-0.4, -0.2) is 52.6 Å². The van der Waals surface area contributed by atoms with Crippen LogP contribution in [0, 0.1) is 24.6 Å². The third kappa shape index (κ3) is 4.81. The van der Waals surface area contributed by atoms with E-state index in [0.717, 1.165) is 57.4 Å². The molecule has 0 unspecified atom stereocenters. The fraction of sp³-hybridized carbons (Fsp3) is 0.526. The molecule has 0 aliphatic carbocycles. The SMILES string of the molecule is Cc1ncsc1CN1C[C@H]2CCN(c3ncccc3F)CC[C@H]2C1.O=CO. The second-order valence-electron chi connectivity index (χ2n) is 7.05. The van der Waals surface area contributed by atoms with E-state index in [1.165, 1.54) is 16.6 Å². The quantitative estimate of drug-likeness (QED) is 0.810. The molecule has 4 rings (SSSR count). The molecule has 2 aliphatic heterocycles. The molecule has 2 fully saturated rings. The fourth-order valence-corrected chi connectivity index (χ4v) is 4.90. The zero-order valence-electron chi connectivity index (χ0n) is 15.4. The van der Waals surface area contributed by atoms with Gasteiger partial charge in [0.2, 0.25) is 0 Å². The molecule has 4 heterocycles. The number of nitrogens with zero attached hydrogens (tertiary/aromatic N) is 4. The summed E-state index contributed by atoms with van der Waals surface area (Å²) in [5.74, 6) is 1.76. The normalized spacial score (nSPS) is 22.5. The Labute approximate surface area is 162 Å². The van der Waals surface area contributed by atoms with E-state index in [9.17, 15) is 4.39 Å². The second kappa shape index (κ2) is 9.23. The molecule has 2 saturated heterocycles. The van der Waals surface area contributed by atoms with Gasteiger partial charge in [-0.25, -0.2) is 14.4 Å². The molecule has 146 valence electrons. The Morgan fingerprint density at radius 1 is 1.30 bits per heavy atom. The Morgan fingerprint density at radius 3 is 2.52 bits per heavy atom. The number of hydrogen-bond acceptors (Lipinski definition) is 6. The zero-order chi connectivity index (χ0) is 19.2. The van der Waals surface area contributed by atoms with Crippen molar-refractivity contribution in [2.24, 2.45) is 11.8 Å². The maximum atomic E-state index is 14.0. The maximum absolute atomic E-state index is 14.0. The van der Waals surface area contributed by atoms with Crippen LogP contribution in [0.1, 0.15) is 23.4 Å². The van der Waals surface area contributed by atoms with Gasteiger partial charge in [0.25, 0.3) is 6.47 Å². The number of likely N-dealkylation sites (tertiary alicyclic amines) is 1. The van der Waals surface area contributed by atoms with E-state index in [4.69, 9.17) is 9.90 Å². The van der Waals surface area contributed by atoms with Gasteiger partial charge in [-0.1, -0.05) is 0 Å². The molecule has 27 heavy (non-hydrogen) atoms. The van der Waals surface area contributed by atoms with Gasteiger partial charge >= 0.3 is 0 Å². The Bertz CT molecular complexity index is 741. The van der Waals surface area contributed by atoms with E-state index in [0.29, 0.717) is 5.82 Å². The Kier molecular flexibility index (Phi) is 6.73. The lowest BCUT2D eigenvalue weighted by atomic mass is 9.92. The molecule has 0 radical (unpaired) electrons. The summed E-state index contributed by atoms with van der Waals surface area (Å²) in [5, 5.41) is 6.89. The van der Waals surface area contributed by atoms with Crippen LogP contribution in [0.5, 0.6) is 0 Å². The molecular formula is C19H25FN4O2S. The van der Waals surface area contributed by atoms with Gasteiger partial charge in [-0.2, -0.15) is 0 Å². The summed E-state index contributed by atoms with van der Waals surface area (Å²) in [4.78, 5) is 23.1. The predicted octanol–water partition coefficient (Wildman–Crippen LogP) is 3.03. The molecule has 1 N–H and O–H groups in total. The topological polar surface area (TPSA) is 69.6 Å². The number of rotatable bonds is 3. The zero-order valence-corrected chi connectivity index (χ0v) is 16.2. The van der Waals surface area contributed by atoms with E-state index >= 15 is 0 Å². The highest BCUT2D eigenvalue weighted by Crippen LogP contribution is 2.34. The third-order valence-electron chi connectivity index (χ3n) is 5.44. The number of halogens is 1. The highest BCUT2D eigenvalue weighted by Gasteiger charge is 2.35. The number of aryl methyl sites for hydroxylation is 1. The van der Waals surface area contributed by atoms with Gasteiger partial charge in [0.05, 0.1) is 11.2 Å². The minimum absolute atomic E-state index is 0.202. The monoisotopic (exact) mass is 392 g/mol. The van der Waals surface area contributed by atoms with Crippen molar-refractivity contribution < 1.29 is 14.3 Å². The van der Waals surface area contributed by atoms with E-state index < -0.39 is 0 Å². The van der Waals surface area contributed by atoms with Gasteiger partial charge in [0, 0.05) is 43.8 Å². The van der Waals surface area contributed by atoms with Crippen LogP contribution < -0.4 is 4.90 Å². The first-order chi connectivity index (χ1) is 13.1. The minimum Gasteiger partial charge on any atom is -0.483 e. The average molecular weight is 393 g/mol. The second-order valence-corrected chi connectivity index (χ2v) is 7.99. The van der Waals surface area contributed by atoms with Crippen molar-refractivity contribution in [2.45, 2.75) is 26.3 Å². The summed E-state index contributed by atoms with van der Waals surface area (Å²) < 4.78 is 14.0. The molecule has 8 heteroatoms. The minimum atomic E-state index is -0.250. The molecule has 0 bridgehead atoms. The maximum Gasteiger partial charge on any atom is 0.290 e. The number of hydrogen-bond donors (Lipinski definition) is 1. The van der Waals surface area contributed by atoms with Crippen LogP contribution in [0.4, 0.5) is 10.2 Å². The molecule has 0 spiro atoms. The first-order valence-electron chi connectivity index (χ1n) is 9.17. The molecular weight excluding hydrogens is 367 g/mol. The number of aromatic nitrogens is 2. The van der Waals surface area contributed by atoms with E-state index in [1.54, 1.807) is 23.6 Å². The van der Waals surface area contributed by atoms with E-state index in [2.05, 4.69) is 26.7 Å². The summed E-state index contributed by atoms with van der Waals surface area (Å²) in [7, 11) is 0. The largest absolute Gasteiger partial charge is 0.483 e. The van der Waals surface area contributed by atoms with Crippen molar-refractivity contribution in [3.63, 3.8) is 0 Å². The number of carbonyl (C=O) groups is 1. The molecule has 0 amide bonds. The Balaban J connectivity index is 0.000000659. The lowest BCUT2D eigenvalue weighted by Gasteiger charge is -2.23. The number of carboxylic acid groups (broad SMARTS) is 1. The number of pyridine rings is 1. The molecule has 0 saturated carbocycles. The van der Waals surface area contributed by atoms with Crippen molar-refractivity contribution in [1.29, 1.82) is 0 Å². The van der Waals surface area contributed by atoms with E-state index in [-0.39, 0.29) is 12.3 Å².